The molecule has 0 spiro atoms. The number of ether oxygens (including phenoxy) is 2. The van der Waals surface area contributed by atoms with E-state index in [1.54, 1.807) is 0 Å². The Morgan fingerprint density at radius 1 is 0.865 bits per heavy atom. The van der Waals surface area contributed by atoms with Gasteiger partial charge >= 0.3 is 0 Å². The van der Waals surface area contributed by atoms with Crippen molar-refractivity contribution in [1.82, 2.24) is 0 Å². The van der Waals surface area contributed by atoms with Crippen LogP contribution in [-0.2, 0) is 22.7 Å². The maximum atomic E-state index is 11.8. The van der Waals surface area contributed by atoms with Crippen LogP contribution in [0.15, 0.2) is 71.4 Å². The fourth-order valence-electron chi connectivity index (χ4n) is 6.77. The zero-order chi connectivity index (χ0) is 26.3. The van der Waals surface area contributed by atoms with Crippen LogP contribution >= 0.6 is 0 Å². The average molecular weight is 521 g/mol. The Morgan fingerprint density at radius 3 is 1.86 bits per heavy atom. The van der Waals surface area contributed by atoms with Crippen molar-refractivity contribution in [2.24, 2.45) is 17.3 Å². The number of allylic oxidation sites excluding steroid dienone is 1. The molecule has 4 heteroatoms. The minimum atomic E-state index is -1.72. The first-order valence-corrected chi connectivity index (χ1v) is 17.9. The van der Waals surface area contributed by atoms with Gasteiger partial charge in [0.05, 0.1) is 40.6 Å². The van der Waals surface area contributed by atoms with E-state index >= 15 is 0 Å². The summed E-state index contributed by atoms with van der Waals surface area (Å²) in [5.41, 5.74) is 3.87. The Bertz CT molecular complexity index is 944. The van der Waals surface area contributed by atoms with Crippen LogP contribution < -0.4 is 0 Å². The lowest BCUT2D eigenvalue weighted by molar-refractivity contribution is -0.0304. The second kappa shape index (κ2) is 12.9. The first kappa shape index (κ1) is 28.3. The number of hydrogen-bond donors (Lipinski definition) is 1. The van der Waals surface area contributed by atoms with E-state index in [4.69, 9.17) is 9.47 Å². The van der Waals surface area contributed by atoms with Crippen molar-refractivity contribution in [3.8, 4) is 0 Å². The van der Waals surface area contributed by atoms with E-state index in [1.807, 2.05) is 12.1 Å². The van der Waals surface area contributed by atoms with Crippen molar-refractivity contribution in [3.05, 3.63) is 82.6 Å². The van der Waals surface area contributed by atoms with Gasteiger partial charge in [-0.2, -0.15) is 0 Å². The number of rotatable bonds is 11. The molecule has 2 aromatic rings. The summed E-state index contributed by atoms with van der Waals surface area (Å²) in [6.07, 6.45) is 7.92. The van der Waals surface area contributed by atoms with Crippen LogP contribution in [0.5, 0.6) is 0 Å². The highest BCUT2D eigenvalue weighted by Gasteiger charge is 2.45. The van der Waals surface area contributed by atoms with E-state index in [1.165, 1.54) is 54.0 Å². The molecule has 2 aliphatic carbocycles. The predicted octanol–water partition coefficient (Wildman–Crippen LogP) is 7.95. The summed E-state index contributed by atoms with van der Waals surface area (Å²) in [5.74, 6) is 0.870. The van der Waals surface area contributed by atoms with Crippen LogP contribution in [-0.4, -0.2) is 32.5 Å². The molecule has 2 aliphatic rings. The monoisotopic (exact) mass is 520 g/mol. The second-order valence-electron chi connectivity index (χ2n) is 12.8. The van der Waals surface area contributed by atoms with Crippen molar-refractivity contribution < 1.29 is 14.6 Å². The molecule has 2 atom stereocenters. The Hall–Kier alpha value is -1.72. The molecule has 1 N–H and O–H groups in total. The van der Waals surface area contributed by atoms with E-state index in [9.17, 15) is 5.11 Å². The number of aliphatic hydroxyl groups is 1. The second-order valence-corrected chi connectivity index (χ2v) is 17.8. The standard InChI is InChI=1S/C33H48O3Si/c1-26-20-33(24-35-22-27-14-8-5-9-15-27,25-36-23-28-16-10-6-11-17-28)21-30(26)32(37(2,3)4)31(34)29-18-12-7-13-19-29/h5-6,8-11,14-17,26,29,31,34H,7,12-13,18-25H2,1-4H3/b32-30+/t26-,31-/m1/s1. The summed E-state index contributed by atoms with van der Waals surface area (Å²) in [6.45, 7) is 12.3. The summed E-state index contributed by atoms with van der Waals surface area (Å²) >= 11 is 0. The molecule has 0 unspecified atom stereocenters. The Morgan fingerprint density at radius 2 is 1.38 bits per heavy atom. The molecule has 4 rings (SSSR count). The molecule has 2 saturated carbocycles. The molecule has 2 aromatic carbocycles. The molecule has 0 heterocycles. The summed E-state index contributed by atoms with van der Waals surface area (Å²) < 4.78 is 12.8. The number of benzene rings is 2. The van der Waals surface area contributed by atoms with E-state index in [0.717, 1.165) is 12.8 Å². The van der Waals surface area contributed by atoms with Gasteiger partial charge in [0, 0.05) is 5.41 Å². The molecular formula is C33H48O3Si. The molecule has 0 amide bonds. The molecule has 0 aliphatic heterocycles. The third-order valence-corrected chi connectivity index (χ3v) is 10.7. The number of hydrogen-bond acceptors (Lipinski definition) is 3. The van der Waals surface area contributed by atoms with Crippen LogP contribution in [0.1, 0.15) is 63.0 Å². The molecule has 2 fully saturated rings. The lowest BCUT2D eigenvalue weighted by Gasteiger charge is -2.36. The SMILES string of the molecule is C[C@@H]1CC(COCc2ccccc2)(COCc2ccccc2)C/C1=C(/[C@H](O)C1CCCCC1)[Si](C)(C)C. The van der Waals surface area contributed by atoms with Gasteiger partial charge in [-0.3, -0.25) is 0 Å². The minimum Gasteiger partial charge on any atom is -0.389 e. The Balaban J connectivity index is 1.56. The normalized spacial score (nSPS) is 22.7. The van der Waals surface area contributed by atoms with Gasteiger partial charge in [0.15, 0.2) is 0 Å². The highest BCUT2D eigenvalue weighted by Crippen LogP contribution is 2.50. The van der Waals surface area contributed by atoms with Crippen molar-refractivity contribution in [3.63, 3.8) is 0 Å². The molecule has 0 saturated heterocycles. The van der Waals surface area contributed by atoms with E-state index in [-0.39, 0.29) is 11.5 Å². The van der Waals surface area contributed by atoms with Crippen molar-refractivity contribution >= 4 is 8.07 Å². The smallest absolute Gasteiger partial charge is 0.0757 e. The highest BCUT2D eigenvalue weighted by atomic mass is 28.3. The van der Waals surface area contributed by atoms with Gasteiger partial charge in [0.25, 0.3) is 0 Å². The zero-order valence-corrected chi connectivity index (χ0v) is 24.5. The Labute approximate surface area is 226 Å². The highest BCUT2D eigenvalue weighted by molar-refractivity contribution is 6.83. The van der Waals surface area contributed by atoms with Gasteiger partial charge < -0.3 is 14.6 Å². The quantitative estimate of drug-likeness (QED) is 0.306. The number of aliphatic hydroxyl groups excluding tert-OH is 1. The summed E-state index contributed by atoms with van der Waals surface area (Å²) in [5, 5.41) is 13.2. The average Bonchev–Trinajstić information content (AvgIpc) is 3.20. The fraction of sp³-hybridized carbons (Fsp3) is 0.576. The third kappa shape index (κ3) is 7.66. The van der Waals surface area contributed by atoms with Crippen LogP contribution in [0.25, 0.3) is 0 Å². The summed E-state index contributed by atoms with van der Waals surface area (Å²) in [4.78, 5) is 0. The van der Waals surface area contributed by atoms with Gasteiger partial charge in [-0.25, -0.2) is 0 Å². The van der Waals surface area contributed by atoms with Crippen LogP contribution in [0, 0.1) is 17.3 Å². The molecule has 37 heavy (non-hydrogen) atoms. The lowest BCUT2D eigenvalue weighted by atomic mass is 9.83. The van der Waals surface area contributed by atoms with E-state index < -0.39 is 8.07 Å². The Kier molecular flexibility index (Phi) is 9.85. The van der Waals surface area contributed by atoms with Crippen LogP contribution in [0.4, 0.5) is 0 Å². The summed E-state index contributed by atoms with van der Waals surface area (Å²) in [7, 11) is -1.72. The van der Waals surface area contributed by atoms with Gasteiger partial charge in [0.1, 0.15) is 0 Å². The first-order valence-electron chi connectivity index (χ1n) is 14.4. The zero-order valence-electron chi connectivity index (χ0n) is 23.5. The van der Waals surface area contributed by atoms with Crippen molar-refractivity contribution in [2.75, 3.05) is 13.2 Å². The van der Waals surface area contributed by atoms with Crippen LogP contribution in [0.3, 0.4) is 0 Å². The maximum Gasteiger partial charge on any atom is 0.0757 e. The van der Waals surface area contributed by atoms with Crippen LogP contribution in [0.2, 0.25) is 19.6 Å². The molecule has 202 valence electrons. The van der Waals surface area contributed by atoms with Crippen molar-refractivity contribution in [1.29, 1.82) is 0 Å². The molecule has 3 nitrogen and oxygen atoms in total. The van der Waals surface area contributed by atoms with Gasteiger partial charge in [-0.1, -0.05) is 117 Å². The largest absolute Gasteiger partial charge is 0.389 e. The molecular weight excluding hydrogens is 472 g/mol. The predicted molar refractivity (Wildman–Crippen MR) is 156 cm³/mol. The molecule has 0 aromatic heterocycles. The minimum absolute atomic E-state index is 0.0600. The van der Waals surface area contributed by atoms with Gasteiger partial charge in [0.2, 0.25) is 0 Å². The fourth-order valence-corrected chi connectivity index (χ4v) is 9.19. The van der Waals surface area contributed by atoms with Gasteiger partial charge in [-0.05, 0) is 48.6 Å². The van der Waals surface area contributed by atoms with Crippen molar-refractivity contribution in [2.45, 2.75) is 90.8 Å². The topological polar surface area (TPSA) is 38.7 Å². The van der Waals surface area contributed by atoms with E-state index in [2.05, 4.69) is 75.1 Å². The summed E-state index contributed by atoms with van der Waals surface area (Å²) in [6, 6.07) is 20.9. The lowest BCUT2D eigenvalue weighted by Crippen LogP contribution is -2.39. The molecule has 0 bridgehead atoms. The first-order chi connectivity index (χ1) is 17.8. The van der Waals surface area contributed by atoms with E-state index in [0.29, 0.717) is 38.3 Å². The van der Waals surface area contributed by atoms with Gasteiger partial charge in [-0.15, -0.1) is 0 Å². The third-order valence-electron chi connectivity index (χ3n) is 8.49. The maximum absolute atomic E-state index is 11.8. The molecule has 0 radical (unpaired) electrons.